The minimum Gasteiger partial charge on any atom is -0.352 e. The summed E-state index contributed by atoms with van der Waals surface area (Å²) in [6.07, 6.45) is 0.772. The van der Waals surface area contributed by atoms with E-state index in [1.165, 1.54) is 24.3 Å². The molecule has 144 valence electrons. The largest absolute Gasteiger partial charge is 0.352 e. The van der Waals surface area contributed by atoms with Crippen LogP contribution in [0, 0.1) is 17.5 Å². The molecule has 0 unspecified atom stereocenters. The molecular weight excluding hydrogens is 359 g/mol. The van der Waals surface area contributed by atoms with E-state index in [1.54, 1.807) is 0 Å². The van der Waals surface area contributed by atoms with Crippen LogP contribution in [-0.4, -0.2) is 43.9 Å². The van der Waals surface area contributed by atoms with Crippen molar-refractivity contribution in [3.63, 3.8) is 0 Å². The molecule has 2 rings (SSSR count). The molecule has 0 saturated carbocycles. The van der Waals surface area contributed by atoms with Gasteiger partial charge in [0, 0.05) is 17.7 Å². The Morgan fingerprint density at radius 2 is 1.63 bits per heavy atom. The van der Waals surface area contributed by atoms with E-state index in [-0.39, 0.29) is 17.0 Å². The van der Waals surface area contributed by atoms with Gasteiger partial charge in [-0.05, 0) is 57.4 Å². The first-order valence-electron chi connectivity index (χ1n) is 8.27. The van der Waals surface area contributed by atoms with E-state index in [1.807, 2.05) is 19.0 Å². The number of rotatable bonds is 7. The molecule has 0 spiro atoms. The van der Waals surface area contributed by atoms with Gasteiger partial charge in [0.2, 0.25) is 0 Å². The number of hydrogen-bond acceptors (Lipinski definition) is 3. The number of nitrogens with zero attached hydrogens (tertiary/aromatic N) is 1. The Morgan fingerprint density at radius 3 is 2.30 bits per heavy atom. The third-order valence-electron chi connectivity index (χ3n) is 3.74. The van der Waals surface area contributed by atoms with Gasteiger partial charge in [0.15, 0.2) is 17.5 Å². The van der Waals surface area contributed by atoms with Crippen LogP contribution in [0.3, 0.4) is 0 Å². The highest BCUT2D eigenvalue weighted by molar-refractivity contribution is 6.06. The Kier molecular flexibility index (Phi) is 6.95. The van der Waals surface area contributed by atoms with E-state index in [4.69, 9.17) is 0 Å². The summed E-state index contributed by atoms with van der Waals surface area (Å²) in [7, 11) is 3.86. The van der Waals surface area contributed by atoms with Crippen LogP contribution in [0.1, 0.15) is 27.1 Å². The van der Waals surface area contributed by atoms with Crippen molar-refractivity contribution in [3.8, 4) is 0 Å². The Labute approximate surface area is 155 Å². The number of benzene rings is 2. The summed E-state index contributed by atoms with van der Waals surface area (Å²) in [4.78, 5) is 26.4. The molecule has 0 heterocycles. The lowest BCUT2D eigenvalue weighted by molar-refractivity contribution is 0.0952. The molecule has 0 aliphatic heterocycles. The van der Waals surface area contributed by atoms with Crippen molar-refractivity contribution in [2.75, 3.05) is 32.5 Å². The van der Waals surface area contributed by atoms with E-state index >= 15 is 0 Å². The molecule has 2 N–H and O–H groups in total. The highest BCUT2D eigenvalue weighted by atomic mass is 19.2. The monoisotopic (exact) mass is 379 g/mol. The zero-order chi connectivity index (χ0) is 20.0. The second kappa shape index (κ2) is 9.18. The van der Waals surface area contributed by atoms with E-state index in [0.717, 1.165) is 19.0 Å². The fraction of sp³-hybridized carbons (Fsp3) is 0.263. The van der Waals surface area contributed by atoms with Gasteiger partial charge in [0.1, 0.15) is 0 Å². The molecule has 0 bridgehead atoms. The van der Waals surface area contributed by atoms with Crippen molar-refractivity contribution in [1.82, 2.24) is 10.2 Å². The summed E-state index contributed by atoms with van der Waals surface area (Å²) in [6.45, 7) is 1.30. The smallest absolute Gasteiger partial charge is 0.255 e. The van der Waals surface area contributed by atoms with E-state index in [2.05, 4.69) is 10.6 Å². The number of hydrogen-bond donors (Lipinski definition) is 2. The van der Waals surface area contributed by atoms with Crippen LogP contribution < -0.4 is 10.6 Å². The fourth-order valence-electron chi connectivity index (χ4n) is 2.32. The Hall–Kier alpha value is -2.87. The highest BCUT2D eigenvalue weighted by Gasteiger charge is 2.16. The predicted molar refractivity (Wildman–Crippen MR) is 96.2 cm³/mol. The van der Waals surface area contributed by atoms with Crippen LogP contribution in [0.2, 0.25) is 0 Å². The van der Waals surface area contributed by atoms with Gasteiger partial charge in [-0.15, -0.1) is 0 Å². The van der Waals surface area contributed by atoms with Gasteiger partial charge in [-0.2, -0.15) is 0 Å². The average Bonchev–Trinajstić information content (AvgIpc) is 2.65. The minimum atomic E-state index is -1.67. The zero-order valence-corrected chi connectivity index (χ0v) is 15.0. The Morgan fingerprint density at radius 1 is 0.963 bits per heavy atom. The second-order valence-electron chi connectivity index (χ2n) is 6.17. The van der Waals surface area contributed by atoms with Gasteiger partial charge in [0.05, 0.1) is 5.69 Å². The van der Waals surface area contributed by atoms with Gasteiger partial charge in [-0.1, -0.05) is 6.07 Å². The van der Waals surface area contributed by atoms with Crippen molar-refractivity contribution in [2.45, 2.75) is 6.42 Å². The maximum Gasteiger partial charge on any atom is 0.255 e. The molecule has 0 atom stereocenters. The van der Waals surface area contributed by atoms with E-state index in [9.17, 15) is 22.8 Å². The summed E-state index contributed by atoms with van der Waals surface area (Å²) in [5.74, 6) is -5.60. The third kappa shape index (κ3) is 5.55. The van der Waals surface area contributed by atoms with Gasteiger partial charge in [-0.25, -0.2) is 13.2 Å². The first kappa shape index (κ1) is 20.4. The summed E-state index contributed by atoms with van der Waals surface area (Å²) in [5, 5.41) is 4.91. The molecule has 2 aromatic carbocycles. The average molecular weight is 379 g/mol. The standard InChI is InChI=1S/C19H20F3N3O2/c1-25(2)10-4-9-23-18(26)12-5-3-6-13(11-12)19(27)24-15-8-7-14(20)16(21)17(15)22/h3,5-8,11H,4,9-10H2,1-2H3,(H,23,26)(H,24,27). The van der Waals surface area contributed by atoms with Crippen LogP contribution in [0.5, 0.6) is 0 Å². The van der Waals surface area contributed by atoms with Crippen LogP contribution >= 0.6 is 0 Å². The summed E-state index contributed by atoms with van der Waals surface area (Å²) >= 11 is 0. The van der Waals surface area contributed by atoms with Gasteiger partial charge >= 0.3 is 0 Å². The predicted octanol–water partition coefficient (Wildman–Crippen LogP) is 3.04. The third-order valence-corrected chi connectivity index (χ3v) is 3.74. The number of amides is 2. The van der Waals surface area contributed by atoms with Crippen LogP contribution in [-0.2, 0) is 0 Å². The number of carbonyl (C=O) groups excluding carboxylic acids is 2. The minimum absolute atomic E-state index is 0.0834. The molecule has 0 aromatic heterocycles. The van der Waals surface area contributed by atoms with Crippen molar-refractivity contribution in [2.24, 2.45) is 0 Å². The van der Waals surface area contributed by atoms with Gasteiger partial charge in [-0.3, -0.25) is 9.59 Å². The second-order valence-corrected chi connectivity index (χ2v) is 6.17. The molecule has 5 nitrogen and oxygen atoms in total. The lowest BCUT2D eigenvalue weighted by Gasteiger charge is -2.11. The van der Waals surface area contributed by atoms with Gasteiger partial charge < -0.3 is 15.5 Å². The molecule has 2 aromatic rings. The van der Waals surface area contributed by atoms with Crippen molar-refractivity contribution < 1.29 is 22.8 Å². The molecule has 8 heteroatoms. The summed E-state index contributed by atoms with van der Waals surface area (Å²) in [5.41, 5.74) is -0.143. The topological polar surface area (TPSA) is 61.4 Å². The van der Waals surface area contributed by atoms with E-state index in [0.29, 0.717) is 12.6 Å². The summed E-state index contributed by atoms with van der Waals surface area (Å²) in [6, 6.07) is 7.45. The number of nitrogens with one attached hydrogen (secondary N) is 2. The van der Waals surface area contributed by atoms with E-state index < -0.39 is 29.0 Å². The summed E-state index contributed by atoms with van der Waals surface area (Å²) < 4.78 is 39.9. The lowest BCUT2D eigenvalue weighted by Crippen LogP contribution is -2.27. The van der Waals surface area contributed by atoms with Crippen molar-refractivity contribution >= 4 is 17.5 Å². The highest BCUT2D eigenvalue weighted by Crippen LogP contribution is 2.20. The number of anilines is 1. The molecule has 0 aliphatic rings. The quantitative estimate of drug-likeness (QED) is 0.574. The molecule has 2 amide bonds. The molecule has 0 aliphatic carbocycles. The van der Waals surface area contributed by atoms with Crippen LogP contribution in [0.15, 0.2) is 36.4 Å². The maximum atomic E-state index is 13.7. The fourth-order valence-corrected chi connectivity index (χ4v) is 2.32. The SMILES string of the molecule is CN(C)CCCNC(=O)c1cccc(C(=O)Nc2ccc(F)c(F)c2F)c1. The Bertz CT molecular complexity index is 841. The first-order valence-corrected chi connectivity index (χ1v) is 8.27. The maximum absolute atomic E-state index is 13.7. The number of halogens is 3. The zero-order valence-electron chi connectivity index (χ0n) is 15.0. The lowest BCUT2D eigenvalue weighted by atomic mass is 10.1. The normalized spacial score (nSPS) is 10.7. The van der Waals surface area contributed by atoms with Crippen molar-refractivity contribution in [3.05, 3.63) is 65.0 Å². The molecule has 0 saturated heterocycles. The Balaban J connectivity index is 2.05. The van der Waals surface area contributed by atoms with Crippen LogP contribution in [0.4, 0.5) is 18.9 Å². The van der Waals surface area contributed by atoms with Crippen LogP contribution in [0.25, 0.3) is 0 Å². The number of carbonyl (C=O) groups is 2. The van der Waals surface area contributed by atoms with Gasteiger partial charge in [0.25, 0.3) is 11.8 Å². The van der Waals surface area contributed by atoms with Crippen molar-refractivity contribution in [1.29, 1.82) is 0 Å². The first-order chi connectivity index (χ1) is 12.8. The molecule has 27 heavy (non-hydrogen) atoms. The molecule has 0 radical (unpaired) electrons. The molecular formula is C19H20F3N3O2. The molecule has 0 fully saturated rings.